The molecule has 1 atom stereocenters. The third kappa shape index (κ3) is 4.06. The molecule has 0 unspecified atom stereocenters. The third-order valence-electron chi connectivity index (χ3n) is 3.93. The predicted octanol–water partition coefficient (Wildman–Crippen LogP) is 1.90. The molecule has 106 valence electrons. The Bertz CT molecular complexity index is 391. The lowest BCUT2D eigenvalue weighted by molar-refractivity contribution is -0.130. The monoisotopic (exact) mass is 265 g/mol. The number of carbonyl (C=O) groups is 1. The second-order valence-electron chi connectivity index (χ2n) is 5.41. The number of carbonyl (C=O) groups excluding carboxylic acids is 1. The second-order valence-corrected chi connectivity index (χ2v) is 5.41. The summed E-state index contributed by atoms with van der Waals surface area (Å²) in [6.07, 6.45) is 6.90. The van der Waals surface area contributed by atoms with Crippen molar-refractivity contribution in [1.29, 1.82) is 0 Å². The first-order valence-corrected chi connectivity index (χ1v) is 7.00. The Labute approximate surface area is 114 Å². The van der Waals surface area contributed by atoms with Gasteiger partial charge in [0.15, 0.2) is 0 Å². The molecule has 1 amide bonds. The van der Waals surface area contributed by atoms with Crippen LogP contribution in [0.4, 0.5) is 0 Å². The van der Waals surface area contributed by atoms with Gasteiger partial charge in [0, 0.05) is 25.6 Å². The number of likely N-dealkylation sites (tertiary alicyclic amines) is 1. The molecule has 0 radical (unpaired) electrons. The smallest absolute Gasteiger partial charge is 0.222 e. The Kier molecular flexibility index (Phi) is 4.96. The van der Waals surface area contributed by atoms with E-state index in [1.54, 1.807) is 11.0 Å². The SMILES string of the molecule is CN(Cc1ccon1)C(=O)CC[C@H]1CCCCN1C. The Morgan fingerprint density at radius 3 is 3.11 bits per heavy atom. The Hall–Kier alpha value is -1.36. The molecule has 1 fully saturated rings. The molecule has 1 aromatic rings. The molecule has 0 aliphatic carbocycles. The fourth-order valence-electron chi connectivity index (χ4n) is 2.64. The van der Waals surface area contributed by atoms with Gasteiger partial charge in [-0.2, -0.15) is 0 Å². The van der Waals surface area contributed by atoms with Crippen LogP contribution in [-0.4, -0.2) is 47.5 Å². The van der Waals surface area contributed by atoms with Gasteiger partial charge < -0.3 is 14.3 Å². The summed E-state index contributed by atoms with van der Waals surface area (Å²) >= 11 is 0. The highest BCUT2D eigenvalue weighted by Crippen LogP contribution is 2.19. The number of hydrogen-bond acceptors (Lipinski definition) is 4. The summed E-state index contributed by atoms with van der Waals surface area (Å²) in [6, 6.07) is 2.36. The van der Waals surface area contributed by atoms with Gasteiger partial charge in [-0.05, 0) is 32.9 Å². The standard InChI is InChI=1S/C14H23N3O2/c1-16-9-4-3-5-13(16)6-7-14(18)17(2)11-12-8-10-19-15-12/h8,10,13H,3-7,9,11H2,1-2H3/t13-/m1/s1. The van der Waals surface area contributed by atoms with Crippen LogP contribution in [-0.2, 0) is 11.3 Å². The van der Waals surface area contributed by atoms with Gasteiger partial charge in [0.05, 0.1) is 6.54 Å². The van der Waals surface area contributed by atoms with E-state index in [1.165, 1.54) is 25.5 Å². The molecule has 0 saturated carbocycles. The van der Waals surface area contributed by atoms with E-state index >= 15 is 0 Å². The summed E-state index contributed by atoms with van der Waals surface area (Å²) in [5.74, 6) is 0.182. The molecule has 5 nitrogen and oxygen atoms in total. The molecule has 19 heavy (non-hydrogen) atoms. The fourth-order valence-corrected chi connectivity index (χ4v) is 2.64. The van der Waals surface area contributed by atoms with Gasteiger partial charge in [0.1, 0.15) is 12.0 Å². The van der Waals surface area contributed by atoms with Crippen LogP contribution in [0.3, 0.4) is 0 Å². The van der Waals surface area contributed by atoms with Crippen molar-refractivity contribution in [2.45, 2.75) is 44.7 Å². The van der Waals surface area contributed by atoms with E-state index in [0.717, 1.165) is 18.7 Å². The molecule has 0 N–H and O–H groups in total. The topological polar surface area (TPSA) is 49.6 Å². The third-order valence-corrected chi connectivity index (χ3v) is 3.93. The molecule has 2 heterocycles. The predicted molar refractivity (Wildman–Crippen MR) is 72.5 cm³/mol. The molecule has 0 aromatic carbocycles. The first-order valence-electron chi connectivity index (χ1n) is 7.00. The van der Waals surface area contributed by atoms with Crippen molar-refractivity contribution >= 4 is 5.91 Å². The average molecular weight is 265 g/mol. The molecule has 1 aliphatic rings. The van der Waals surface area contributed by atoms with Gasteiger partial charge in [-0.25, -0.2) is 0 Å². The maximum Gasteiger partial charge on any atom is 0.222 e. The first kappa shape index (κ1) is 14.1. The summed E-state index contributed by atoms with van der Waals surface area (Å²) < 4.78 is 4.77. The van der Waals surface area contributed by atoms with Crippen LogP contribution in [0.2, 0.25) is 0 Å². The molecular formula is C14H23N3O2. The van der Waals surface area contributed by atoms with Crippen LogP contribution in [0, 0.1) is 0 Å². The van der Waals surface area contributed by atoms with Gasteiger partial charge in [0.25, 0.3) is 0 Å². The highest BCUT2D eigenvalue weighted by molar-refractivity contribution is 5.75. The first-order chi connectivity index (χ1) is 9.16. The van der Waals surface area contributed by atoms with E-state index < -0.39 is 0 Å². The summed E-state index contributed by atoms with van der Waals surface area (Å²) in [7, 11) is 3.98. The zero-order valence-electron chi connectivity index (χ0n) is 11.8. The number of amides is 1. The van der Waals surface area contributed by atoms with Crippen LogP contribution in [0.5, 0.6) is 0 Å². The van der Waals surface area contributed by atoms with Crippen LogP contribution in [0.1, 0.15) is 37.8 Å². The van der Waals surface area contributed by atoms with E-state index in [-0.39, 0.29) is 5.91 Å². The number of nitrogens with zero attached hydrogens (tertiary/aromatic N) is 3. The maximum absolute atomic E-state index is 12.1. The van der Waals surface area contributed by atoms with E-state index in [1.807, 2.05) is 7.05 Å². The minimum atomic E-state index is 0.182. The summed E-state index contributed by atoms with van der Waals surface area (Å²) in [5.41, 5.74) is 0.797. The summed E-state index contributed by atoms with van der Waals surface area (Å²) in [6.45, 7) is 1.68. The zero-order valence-corrected chi connectivity index (χ0v) is 11.8. The molecule has 0 spiro atoms. The summed E-state index contributed by atoms with van der Waals surface area (Å²) in [4.78, 5) is 16.2. The Balaban J connectivity index is 1.74. The second kappa shape index (κ2) is 6.70. The van der Waals surface area contributed by atoms with Gasteiger partial charge in [-0.1, -0.05) is 11.6 Å². The van der Waals surface area contributed by atoms with Crippen LogP contribution in [0.25, 0.3) is 0 Å². The van der Waals surface area contributed by atoms with Crippen molar-refractivity contribution in [1.82, 2.24) is 15.0 Å². The molecule has 0 bridgehead atoms. The number of hydrogen-bond donors (Lipinski definition) is 0. The van der Waals surface area contributed by atoms with Gasteiger partial charge >= 0.3 is 0 Å². The highest BCUT2D eigenvalue weighted by Gasteiger charge is 2.20. The Morgan fingerprint density at radius 2 is 2.42 bits per heavy atom. The van der Waals surface area contributed by atoms with E-state index in [4.69, 9.17) is 4.52 Å². The largest absolute Gasteiger partial charge is 0.364 e. The van der Waals surface area contributed by atoms with E-state index in [2.05, 4.69) is 17.1 Å². The van der Waals surface area contributed by atoms with Crippen LogP contribution >= 0.6 is 0 Å². The highest BCUT2D eigenvalue weighted by atomic mass is 16.5. The van der Waals surface area contributed by atoms with Crippen molar-refractivity contribution in [3.05, 3.63) is 18.0 Å². The lowest BCUT2D eigenvalue weighted by Crippen LogP contribution is -2.37. The quantitative estimate of drug-likeness (QED) is 0.816. The number of aromatic nitrogens is 1. The molecule has 2 rings (SSSR count). The minimum absolute atomic E-state index is 0.182. The molecule has 1 saturated heterocycles. The lowest BCUT2D eigenvalue weighted by atomic mass is 9.98. The molecule has 1 aliphatic heterocycles. The van der Waals surface area contributed by atoms with Gasteiger partial charge in [0.2, 0.25) is 5.91 Å². The van der Waals surface area contributed by atoms with Crippen LogP contribution < -0.4 is 0 Å². The van der Waals surface area contributed by atoms with Crippen LogP contribution in [0.15, 0.2) is 16.9 Å². The van der Waals surface area contributed by atoms with Crippen molar-refractivity contribution in [2.24, 2.45) is 0 Å². The summed E-state index contributed by atoms with van der Waals surface area (Å²) in [5, 5.41) is 3.82. The molecular weight excluding hydrogens is 242 g/mol. The van der Waals surface area contributed by atoms with Crippen molar-refractivity contribution in [3.8, 4) is 0 Å². The van der Waals surface area contributed by atoms with E-state index in [9.17, 15) is 4.79 Å². The van der Waals surface area contributed by atoms with Gasteiger partial charge in [-0.15, -0.1) is 0 Å². The fraction of sp³-hybridized carbons (Fsp3) is 0.714. The lowest BCUT2D eigenvalue weighted by Gasteiger charge is -2.32. The Morgan fingerprint density at radius 1 is 1.58 bits per heavy atom. The maximum atomic E-state index is 12.1. The number of rotatable bonds is 5. The van der Waals surface area contributed by atoms with Crippen molar-refractivity contribution in [2.75, 3.05) is 20.6 Å². The van der Waals surface area contributed by atoms with Crippen molar-refractivity contribution in [3.63, 3.8) is 0 Å². The van der Waals surface area contributed by atoms with E-state index in [0.29, 0.717) is 19.0 Å². The molecule has 1 aromatic heterocycles. The molecule has 5 heteroatoms. The zero-order chi connectivity index (χ0) is 13.7. The number of piperidine rings is 1. The normalized spacial score (nSPS) is 20.4. The van der Waals surface area contributed by atoms with Crippen molar-refractivity contribution < 1.29 is 9.32 Å². The van der Waals surface area contributed by atoms with Gasteiger partial charge in [-0.3, -0.25) is 4.79 Å². The average Bonchev–Trinajstić information content (AvgIpc) is 2.90. The minimum Gasteiger partial charge on any atom is -0.364 e.